The van der Waals surface area contributed by atoms with Gasteiger partial charge in [-0.2, -0.15) is 0 Å². The third kappa shape index (κ3) is 2.22. The highest BCUT2D eigenvalue weighted by Gasteiger charge is 2.11. The molecule has 6 heteroatoms. The minimum absolute atomic E-state index is 0.0370. The number of aromatic amines is 2. The summed E-state index contributed by atoms with van der Waals surface area (Å²) in [6, 6.07) is 3.13. The van der Waals surface area contributed by atoms with Crippen molar-refractivity contribution in [1.82, 2.24) is 9.97 Å². The average molecular weight is 250 g/mol. The van der Waals surface area contributed by atoms with E-state index in [1.165, 1.54) is 7.11 Å². The number of hydrogen-bond donors (Lipinski definition) is 2. The lowest BCUT2D eigenvalue weighted by Gasteiger charge is -2.13. The van der Waals surface area contributed by atoms with E-state index in [4.69, 9.17) is 9.47 Å². The molecule has 1 aromatic heterocycles. The quantitative estimate of drug-likeness (QED) is 0.851. The lowest BCUT2D eigenvalue weighted by atomic mass is 10.2. The molecule has 0 atom stereocenters. The number of H-pyrrole nitrogens is 2. The summed E-state index contributed by atoms with van der Waals surface area (Å²) in [5, 5.41) is 0.350. The molecule has 0 aliphatic heterocycles. The van der Waals surface area contributed by atoms with Gasteiger partial charge < -0.3 is 14.5 Å². The molecule has 0 amide bonds. The number of fused-ring (bicyclic) bond motifs is 1. The summed E-state index contributed by atoms with van der Waals surface area (Å²) in [7, 11) is 1.49. The second kappa shape index (κ2) is 4.56. The van der Waals surface area contributed by atoms with Crippen molar-refractivity contribution in [2.24, 2.45) is 0 Å². The smallest absolute Gasteiger partial charge is 0.326 e. The molecule has 1 heterocycles. The van der Waals surface area contributed by atoms with E-state index in [0.29, 0.717) is 22.4 Å². The monoisotopic (exact) mass is 250 g/mol. The van der Waals surface area contributed by atoms with Gasteiger partial charge in [-0.1, -0.05) is 0 Å². The van der Waals surface area contributed by atoms with E-state index in [0.717, 1.165) is 0 Å². The van der Waals surface area contributed by atoms with Crippen molar-refractivity contribution in [3.05, 3.63) is 33.0 Å². The Morgan fingerprint density at radius 2 is 1.83 bits per heavy atom. The molecule has 18 heavy (non-hydrogen) atoms. The summed E-state index contributed by atoms with van der Waals surface area (Å²) in [5.41, 5.74) is -0.587. The molecule has 0 fully saturated rings. The van der Waals surface area contributed by atoms with Crippen molar-refractivity contribution in [3.8, 4) is 11.5 Å². The lowest BCUT2D eigenvalue weighted by Crippen LogP contribution is -2.22. The molecule has 0 saturated heterocycles. The van der Waals surface area contributed by atoms with E-state index in [1.54, 1.807) is 12.1 Å². The predicted molar refractivity (Wildman–Crippen MR) is 67.5 cm³/mol. The molecule has 0 spiro atoms. The topological polar surface area (TPSA) is 84.2 Å². The first-order valence-electron chi connectivity index (χ1n) is 5.52. The number of rotatable bonds is 3. The van der Waals surface area contributed by atoms with E-state index in [2.05, 4.69) is 9.97 Å². The second-order valence-corrected chi connectivity index (χ2v) is 4.12. The molecular weight excluding hydrogens is 236 g/mol. The van der Waals surface area contributed by atoms with Crippen molar-refractivity contribution in [1.29, 1.82) is 0 Å². The number of methoxy groups -OCH3 is 1. The lowest BCUT2D eigenvalue weighted by molar-refractivity contribution is 0.230. The average Bonchev–Trinajstić information content (AvgIpc) is 2.27. The first-order chi connectivity index (χ1) is 8.51. The zero-order chi connectivity index (χ0) is 13.3. The zero-order valence-electron chi connectivity index (χ0n) is 10.4. The number of aromatic nitrogens is 2. The predicted octanol–water partition coefficient (Wildman–Crippen LogP) is 1.01. The third-order valence-electron chi connectivity index (χ3n) is 2.39. The summed E-state index contributed by atoms with van der Waals surface area (Å²) in [6.45, 7) is 3.76. The minimum atomic E-state index is -0.548. The van der Waals surface area contributed by atoms with Gasteiger partial charge in [0.2, 0.25) is 0 Å². The van der Waals surface area contributed by atoms with E-state index in [9.17, 15) is 9.59 Å². The molecular formula is C12H14N2O4. The van der Waals surface area contributed by atoms with Gasteiger partial charge in [0.05, 0.1) is 24.1 Å². The van der Waals surface area contributed by atoms with Crippen LogP contribution in [0.25, 0.3) is 10.9 Å². The van der Waals surface area contributed by atoms with Crippen LogP contribution in [0.4, 0.5) is 0 Å². The molecule has 2 rings (SSSR count). The van der Waals surface area contributed by atoms with Crippen LogP contribution in [-0.2, 0) is 0 Å². The molecule has 2 N–H and O–H groups in total. The fourth-order valence-electron chi connectivity index (χ4n) is 1.68. The molecule has 6 nitrogen and oxygen atoms in total. The highest BCUT2D eigenvalue weighted by molar-refractivity contribution is 5.81. The van der Waals surface area contributed by atoms with Gasteiger partial charge in [0.1, 0.15) is 0 Å². The molecule has 0 aliphatic carbocycles. The van der Waals surface area contributed by atoms with Gasteiger partial charge in [-0.3, -0.25) is 9.78 Å². The third-order valence-corrected chi connectivity index (χ3v) is 2.39. The van der Waals surface area contributed by atoms with Gasteiger partial charge in [-0.15, -0.1) is 0 Å². The van der Waals surface area contributed by atoms with Gasteiger partial charge in [-0.25, -0.2) is 4.79 Å². The maximum Gasteiger partial charge on any atom is 0.326 e. The van der Waals surface area contributed by atoms with Crippen LogP contribution >= 0.6 is 0 Å². The summed E-state index contributed by atoms with van der Waals surface area (Å²) in [4.78, 5) is 27.5. The Bertz CT molecular complexity index is 685. The van der Waals surface area contributed by atoms with Gasteiger partial charge in [-0.05, 0) is 19.9 Å². The van der Waals surface area contributed by atoms with Gasteiger partial charge in [0, 0.05) is 6.07 Å². The van der Waals surface area contributed by atoms with Crippen LogP contribution in [0.3, 0.4) is 0 Å². The van der Waals surface area contributed by atoms with E-state index in [-0.39, 0.29) is 6.10 Å². The van der Waals surface area contributed by atoms with Crippen molar-refractivity contribution in [2.45, 2.75) is 20.0 Å². The standard InChI is InChI=1S/C12H14N2O4/c1-6(2)18-10-5-8-7(4-9(10)17-3)11(15)14-12(16)13-8/h4-6H,1-3H3,(H2,13,14,15,16). The molecule has 1 aromatic carbocycles. The number of nitrogens with one attached hydrogen (secondary N) is 2. The fourth-order valence-corrected chi connectivity index (χ4v) is 1.68. The number of ether oxygens (including phenoxy) is 2. The highest BCUT2D eigenvalue weighted by atomic mass is 16.5. The first kappa shape index (κ1) is 12.2. The van der Waals surface area contributed by atoms with Gasteiger partial charge in [0.25, 0.3) is 5.56 Å². The summed E-state index contributed by atoms with van der Waals surface area (Å²) >= 11 is 0. The maximum absolute atomic E-state index is 11.6. The molecule has 0 aliphatic rings. The van der Waals surface area contributed by atoms with Gasteiger partial charge >= 0.3 is 5.69 Å². The SMILES string of the molecule is COc1cc2c(=O)[nH]c(=O)[nH]c2cc1OC(C)C. The Labute approximate surface area is 103 Å². The molecule has 0 bridgehead atoms. The second-order valence-electron chi connectivity index (χ2n) is 4.12. The Balaban J connectivity index is 2.73. The first-order valence-corrected chi connectivity index (χ1v) is 5.52. The van der Waals surface area contributed by atoms with Crippen molar-refractivity contribution in [2.75, 3.05) is 7.11 Å². The van der Waals surface area contributed by atoms with Crippen LogP contribution in [0.15, 0.2) is 21.7 Å². The van der Waals surface area contributed by atoms with Crippen molar-refractivity contribution < 1.29 is 9.47 Å². The number of benzene rings is 1. The maximum atomic E-state index is 11.6. The fraction of sp³-hybridized carbons (Fsp3) is 0.333. The van der Waals surface area contributed by atoms with Crippen molar-refractivity contribution >= 4 is 10.9 Å². The summed E-state index contributed by atoms with van der Waals surface area (Å²) in [5.74, 6) is 0.940. The molecule has 2 aromatic rings. The minimum Gasteiger partial charge on any atom is -0.493 e. The van der Waals surface area contributed by atoms with Crippen LogP contribution in [-0.4, -0.2) is 23.2 Å². The number of hydrogen-bond acceptors (Lipinski definition) is 4. The summed E-state index contributed by atoms with van der Waals surface area (Å²) in [6.07, 6.45) is -0.0370. The van der Waals surface area contributed by atoms with Crippen LogP contribution < -0.4 is 20.7 Å². The molecule has 0 radical (unpaired) electrons. The van der Waals surface area contributed by atoms with E-state index < -0.39 is 11.2 Å². The largest absolute Gasteiger partial charge is 0.493 e. The summed E-state index contributed by atoms with van der Waals surface area (Å²) < 4.78 is 10.7. The zero-order valence-corrected chi connectivity index (χ0v) is 10.4. The Morgan fingerprint density at radius 1 is 1.11 bits per heavy atom. The van der Waals surface area contributed by atoms with Gasteiger partial charge in [0.15, 0.2) is 11.5 Å². The molecule has 0 saturated carbocycles. The Hall–Kier alpha value is -2.24. The van der Waals surface area contributed by atoms with Crippen molar-refractivity contribution in [3.63, 3.8) is 0 Å². The molecule has 0 unspecified atom stereocenters. The normalized spacial score (nSPS) is 10.9. The van der Waals surface area contributed by atoms with Crippen LogP contribution in [0.5, 0.6) is 11.5 Å². The highest BCUT2D eigenvalue weighted by Crippen LogP contribution is 2.30. The Morgan fingerprint density at radius 3 is 2.44 bits per heavy atom. The van der Waals surface area contributed by atoms with Crippen LogP contribution in [0.1, 0.15) is 13.8 Å². The van der Waals surface area contributed by atoms with E-state index in [1.807, 2.05) is 13.8 Å². The van der Waals surface area contributed by atoms with Crippen LogP contribution in [0, 0.1) is 0 Å². The van der Waals surface area contributed by atoms with E-state index >= 15 is 0 Å². The van der Waals surface area contributed by atoms with Crippen LogP contribution in [0.2, 0.25) is 0 Å². The molecule has 96 valence electrons. The Kier molecular flexibility index (Phi) is 3.10.